The molecule has 10 atom stereocenters. The van der Waals surface area contributed by atoms with Gasteiger partial charge in [-0.1, -0.05) is 24.3 Å². The smallest absolute Gasteiger partial charge is 0.109 e. The Morgan fingerprint density at radius 2 is 1.03 bits per heavy atom. The van der Waals surface area contributed by atoms with Crippen molar-refractivity contribution in [3.63, 3.8) is 0 Å². The van der Waals surface area contributed by atoms with Crippen LogP contribution in [-0.4, -0.2) is 101 Å². The molecule has 0 aromatic carbocycles. The monoisotopic (exact) mass is 540 g/mol. The second-order valence-electron chi connectivity index (χ2n) is 11.6. The van der Waals surface area contributed by atoms with E-state index in [9.17, 15) is 15.3 Å². The highest BCUT2D eigenvalue weighted by Crippen LogP contribution is 2.40. The van der Waals surface area contributed by atoms with Crippen LogP contribution in [0.25, 0.3) is 0 Å². The molecule has 0 aromatic rings. The molecule has 3 N–H and O–H groups in total. The third-order valence-corrected chi connectivity index (χ3v) is 9.61. The molecule has 0 aliphatic heterocycles. The molecular formula is C30H52O8. The third-order valence-electron chi connectivity index (χ3n) is 9.61. The summed E-state index contributed by atoms with van der Waals surface area (Å²) in [6, 6.07) is 0. The van der Waals surface area contributed by atoms with Gasteiger partial charge < -0.3 is 39.0 Å². The largest absolute Gasteiger partial charge is 0.396 e. The number of methoxy groups -OCH3 is 5. The Bertz CT molecular complexity index is 643. The first-order valence-corrected chi connectivity index (χ1v) is 14.3. The van der Waals surface area contributed by atoms with Gasteiger partial charge in [0, 0.05) is 67.2 Å². The van der Waals surface area contributed by atoms with Crippen LogP contribution in [0.5, 0.6) is 0 Å². The Kier molecular flexibility index (Phi) is 13.2. The number of hydrogen-bond acceptors (Lipinski definition) is 8. The summed E-state index contributed by atoms with van der Waals surface area (Å²) < 4.78 is 28.7. The summed E-state index contributed by atoms with van der Waals surface area (Å²) in [4.78, 5) is 0. The van der Waals surface area contributed by atoms with Crippen molar-refractivity contribution in [2.45, 2.75) is 69.0 Å². The Hall–Kier alpha value is -0.840. The third kappa shape index (κ3) is 7.67. The molecule has 3 aliphatic carbocycles. The number of rotatable bonds is 12. The zero-order valence-corrected chi connectivity index (χ0v) is 24.0. The zero-order valence-electron chi connectivity index (χ0n) is 24.0. The van der Waals surface area contributed by atoms with Crippen LogP contribution in [0.3, 0.4) is 0 Å². The first-order chi connectivity index (χ1) is 18.5. The van der Waals surface area contributed by atoms with E-state index in [1.165, 1.54) is 0 Å². The summed E-state index contributed by atoms with van der Waals surface area (Å²) >= 11 is 0. The molecule has 3 fully saturated rings. The van der Waals surface area contributed by atoms with Crippen LogP contribution in [0, 0.1) is 41.4 Å². The Labute approximate surface area is 229 Å². The van der Waals surface area contributed by atoms with Crippen molar-refractivity contribution in [1.82, 2.24) is 0 Å². The molecule has 10 unspecified atom stereocenters. The SMILES string of the molecule is COC1CC(CO)C(/C=C/C2CC(CO)C(CO)C(OC)C2)CC1/C=C/C1CC(OC)C(OC)C(OC)C1. The number of aliphatic hydroxyl groups excluding tert-OH is 3. The van der Waals surface area contributed by atoms with Crippen molar-refractivity contribution in [2.75, 3.05) is 55.4 Å². The molecular weight excluding hydrogens is 488 g/mol. The summed E-state index contributed by atoms with van der Waals surface area (Å²) in [5, 5.41) is 29.9. The molecule has 0 heterocycles. The molecule has 3 saturated carbocycles. The minimum atomic E-state index is -0.0635. The number of hydrogen-bond donors (Lipinski definition) is 3. The predicted octanol–water partition coefficient (Wildman–Crippen LogP) is 2.85. The van der Waals surface area contributed by atoms with Crippen molar-refractivity contribution < 1.29 is 39.0 Å². The van der Waals surface area contributed by atoms with Crippen LogP contribution in [0.15, 0.2) is 24.3 Å². The first kappa shape index (κ1) is 31.7. The zero-order chi connectivity index (χ0) is 27.7. The van der Waals surface area contributed by atoms with Gasteiger partial charge in [-0.3, -0.25) is 0 Å². The van der Waals surface area contributed by atoms with Crippen LogP contribution in [-0.2, 0) is 23.7 Å². The van der Waals surface area contributed by atoms with E-state index in [1.807, 2.05) is 0 Å². The van der Waals surface area contributed by atoms with Crippen LogP contribution in [0.4, 0.5) is 0 Å². The van der Waals surface area contributed by atoms with Gasteiger partial charge >= 0.3 is 0 Å². The van der Waals surface area contributed by atoms with Gasteiger partial charge in [0.1, 0.15) is 6.10 Å². The maximum Gasteiger partial charge on any atom is 0.109 e. The maximum absolute atomic E-state index is 10.2. The summed E-state index contributed by atoms with van der Waals surface area (Å²) in [5.74, 6) is 1.26. The van der Waals surface area contributed by atoms with Gasteiger partial charge in [-0.25, -0.2) is 0 Å². The van der Waals surface area contributed by atoms with E-state index in [0.29, 0.717) is 5.92 Å². The minimum absolute atomic E-state index is 0.00743. The second-order valence-corrected chi connectivity index (χ2v) is 11.6. The molecule has 0 radical (unpaired) electrons. The van der Waals surface area contributed by atoms with Crippen molar-refractivity contribution in [1.29, 1.82) is 0 Å². The topological polar surface area (TPSA) is 107 Å². The Balaban J connectivity index is 1.70. The van der Waals surface area contributed by atoms with E-state index < -0.39 is 0 Å². The summed E-state index contributed by atoms with van der Waals surface area (Å²) in [7, 11) is 8.63. The van der Waals surface area contributed by atoms with Crippen molar-refractivity contribution >= 4 is 0 Å². The van der Waals surface area contributed by atoms with E-state index >= 15 is 0 Å². The fraction of sp³-hybridized carbons (Fsp3) is 0.867. The van der Waals surface area contributed by atoms with E-state index in [2.05, 4.69) is 24.3 Å². The highest BCUT2D eigenvalue weighted by molar-refractivity contribution is 5.07. The van der Waals surface area contributed by atoms with Gasteiger partial charge in [0.15, 0.2) is 0 Å². The van der Waals surface area contributed by atoms with E-state index in [1.54, 1.807) is 35.5 Å². The van der Waals surface area contributed by atoms with Crippen molar-refractivity contribution in [2.24, 2.45) is 41.4 Å². The standard InChI is InChI=1S/C30H52O8/c1-34-26-15-23(16-31)21(8-6-19-10-24(17-32)25(18-33)27(11-19)35-2)14-22(26)9-7-20-12-28(36-3)30(38-5)29(13-20)37-4/h6-9,19-33H,10-18H2,1-5H3/b8-6+,9-7+. The van der Waals surface area contributed by atoms with Gasteiger partial charge in [0.2, 0.25) is 0 Å². The lowest BCUT2D eigenvalue weighted by molar-refractivity contribution is -0.136. The molecule has 220 valence electrons. The van der Waals surface area contributed by atoms with Crippen LogP contribution in [0.2, 0.25) is 0 Å². The minimum Gasteiger partial charge on any atom is -0.396 e. The van der Waals surface area contributed by atoms with Gasteiger partial charge in [-0.15, -0.1) is 0 Å². The molecule has 0 aromatic heterocycles. The molecule has 0 saturated heterocycles. The lowest BCUT2D eigenvalue weighted by Crippen LogP contribution is -2.47. The molecule has 0 amide bonds. The van der Waals surface area contributed by atoms with Gasteiger partial charge in [-0.05, 0) is 68.1 Å². The van der Waals surface area contributed by atoms with Crippen molar-refractivity contribution in [3.8, 4) is 0 Å². The molecule has 0 bridgehead atoms. The van der Waals surface area contributed by atoms with Crippen LogP contribution >= 0.6 is 0 Å². The summed E-state index contributed by atoms with van der Waals surface area (Å²) in [6.45, 7) is 0.223. The summed E-state index contributed by atoms with van der Waals surface area (Å²) in [5.41, 5.74) is 0. The lowest BCUT2D eigenvalue weighted by atomic mass is 9.70. The molecule has 0 spiro atoms. The van der Waals surface area contributed by atoms with Gasteiger partial charge in [0.25, 0.3) is 0 Å². The Morgan fingerprint density at radius 1 is 0.500 bits per heavy atom. The average Bonchev–Trinajstić information content (AvgIpc) is 2.97. The van der Waals surface area contributed by atoms with E-state index in [-0.39, 0.29) is 85.8 Å². The normalized spacial score (nSPS) is 42.7. The van der Waals surface area contributed by atoms with Crippen LogP contribution < -0.4 is 0 Å². The van der Waals surface area contributed by atoms with Crippen molar-refractivity contribution in [3.05, 3.63) is 24.3 Å². The van der Waals surface area contributed by atoms with E-state index in [4.69, 9.17) is 23.7 Å². The average molecular weight is 541 g/mol. The molecule has 3 aliphatic rings. The lowest BCUT2D eigenvalue weighted by Gasteiger charge is -2.40. The molecule has 8 heteroatoms. The fourth-order valence-corrected chi connectivity index (χ4v) is 7.29. The Morgan fingerprint density at radius 3 is 1.53 bits per heavy atom. The predicted molar refractivity (Wildman–Crippen MR) is 146 cm³/mol. The highest BCUT2D eigenvalue weighted by Gasteiger charge is 2.40. The number of aliphatic hydroxyl groups is 3. The molecule has 3 rings (SSSR count). The number of allylic oxidation sites excluding steroid dienone is 3. The number of ether oxygens (including phenoxy) is 5. The second kappa shape index (κ2) is 15.8. The van der Waals surface area contributed by atoms with Gasteiger partial charge in [-0.2, -0.15) is 0 Å². The summed E-state index contributed by atoms with van der Waals surface area (Å²) in [6.07, 6.45) is 14.3. The van der Waals surface area contributed by atoms with E-state index in [0.717, 1.165) is 38.5 Å². The van der Waals surface area contributed by atoms with Gasteiger partial charge in [0.05, 0.1) is 24.4 Å². The fourth-order valence-electron chi connectivity index (χ4n) is 7.29. The first-order valence-electron chi connectivity index (χ1n) is 14.3. The molecule has 38 heavy (non-hydrogen) atoms. The quantitative estimate of drug-likeness (QED) is 0.325. The highest BCUT2D eigenvalue weighted by atomic mass is 16.6. The molecule has 8 nitrogen and oxygen atoms in total. The maximum atomic E-state index is 10.2. The van der Waals surface area contributed by atoms with Crippen LogP contribution in [0.1, 0.15) is 38.5 Å².